The van der Waals surface area contributed by atoms with Crippen LogP contribution in [0.25, 0.3) is 33.4 Å². The van der Waals surface area contributed by atoms with Crippen LogP contribution in [0.3, 0.4) is 0 Å². The van der Waals surface area contributed by atoms with Crippen molar-refractivity contribution in [3.8, 4) is 22.5 Å². The van der Waals surface area contributed by atoms with Gasteiger partial charge in [-0.1, -0.05) is 38.1 Å². The maximum Gasteiger partial charge on any atom is 0.335 e. The summed E-state index contributed by atoms with van der Waals surface area (Å²) in [7, 11) is -3.53. The van der Waals surface area contributed by atoms with Crippen molar-refractivity contribution in [1.82, 2.24) is 0 Å². The highest BCUT2D eigenvalue weighted by molar-refractivity contribution is 7.53. The number of nitrogens with zero attached hydrogens (tertiary/aromatic N) is 2. The summed E-state index contributed by atoms with van der Waals surface area (Å²) in [4.78, 5) is 0. The molecule has 0 radical (unpaired) electrons. The Morgan fingerprint density at radius 2 is 1.50 bits per heavy atom. The van der Waals surface area contributed by atoms with E-state index in [0.29, 0.717) is 19.8 Å². The number of para-hydroxylation sites is 1. The summed E-state index contributed by atoms with van der Waals surface area (Å²) in [6.45, 7) is 13.4. The molecule has 3 aromatic carbocycles. The molecule has 0 N–H and O–H groups in total. The van der Waals surface area contributed by atoms with Crippen molar-refractivity contribution in [3.63, 3.8) is 0 Å². The normalized spacial score (nSPS) is 13.7. The second kappa shape index (κ2) is 12.9. The van der Waals surface area contributed by atoms with Gasteiger partial charge in [-0.3, -0.25) is 9.09 Å². The van der Waals surface area contributed by atoms with Crippen molar-refractivity contribution in [1.29, 1.82) is 0 Å². The molecule has 0 aliphatic heterocycles. The third kappa shape index (κ3) is 5.88. The van der Waals surface area contributed by atoms with E-state index in [1.54, 1.807) is 0 Å². The van der Waals surface area contributed by atoms with E-state index in [-0.39, 0.29) is 20.3 Å². The summed E-state index contributed by atoms with van der Waals surface area (Å²) in [5.74, 6) is 0. The largest absolute Gasteiger partial charge is 0.335 e. The standard InChI is InChI=1S/C37H40N2O5P2/c1-7-43-46(41,44-8-2)24-28-14-16-34(26(4)20-28)39-22-32-36(30-11-9-10-12-35(30)39)29-17-18-38(21-31(29)37(32,5)6)33-15-13-27(19-25(33)3)23-42-45-40/h9-22H,7-8,23-24H2,1-6H3/q+2. The molecule has 7 nitrogen and oxygen atoms in total. The van der Waals surface area contributed by atoms with Gasteiger partial charge in [0.2, 0.25) is 16.9 Å². The summed E-state index contributed by atoms with van der Waals surface area (Å²) in [5, 5.41) is 1.20. The van der Waals surface area contributed by atoms with E-state index < -0.39 is 7.60 Å². The fourth-order valence-corrected chi connectivity index (χ4v) is 8.69. The third-order valence-electron chi connectivity index (χ3n) is 8.91. The lowest BCUT2D eigenvalue weighted by atomic mass is 9.83. The van der Waals surface area contributed by atoms with E-state index in [4.69, 9.17) is 13.6 Å². The molecular weight excluding hydrogens is 614 g/mol. The molecule has 6 rings (SSSR count). The van der Waals surface area contributed by atoms with Gasteiger partial charge in [0.1, 0.15) is 0 Å². The zero-order chi connectivity index (χ0) is 32.6. The van der Waals surface area contributed by atoms with Gasteiger partial charge in [0, 0.05) is 57.5 Å². The van der Waals surface area contributed by atoms with Crippen LogP contribution in [-0.2, 0) is 40.9 Å². The van der Waals surface area contributed by atoms with Gasteiger partial charge in [0.25, 0.3) is 0 Å². The van der Waals surface area contributed by atoms with Crippen LogP contribution >= 0.6 is 16.3 Å². The first-order valence-corrected chi connectivity index (χ1v) is 18.1. The van der Waals surface area contributed by atoms with Gasteiger partial charge >= 0.3 is 16.3 Å². The molecule has 2 aromatic heterocycles. The van der Waals surface area contributed by atoms with Crippen molar-refractivity contribution in [2.45, 2.75) is 59.7 Å². The Balaban J connectivity index is 1.44. The smallest absolute Gasteiger partial charge is 0.309 e. The molecule has 0 unspecified atom stereocenters. The minimum Gasteiger partial charge on any atom is -0.309 e. The maximum atomic E-state index is 13.2. The summed E-state index contributed by atoms with van der Waals surface area (Å²) in [6, 6.07) is 23.3. The Labute approximate surface area is 272 Å². The summed E-state index contributed by atoms with van der Waals surface area (Å²) in [5.41, 5.74) is 12.2. The summed E-state index contributed by atoms with van der Waals surface area (Å²) in [6.07, 6.45) is 6.94. The Kier molecular flexibility index (Phi) is 9.08. The van der Waals surface area contributed by atoms with Crippen LogP contribution in [-0.4, -0.2) is 13.2 Å². The SMILES string of the molecule is CCOP(=O)(Cc1ccc(-[n+]2cc3c(c4ccccc42)-c2cc[n+](-c4ccc(COP=O)cc4C)cc2C3(C)C)c(C)c1)OCC. The molecule has 0 fully saturated rings. The van der Waals surface area contributed by atoms with Crippen LogP contribution in [0.1, 0.15) is 61.1 Å². The third-order valence-corrected chi connectivity index (χ3v) is 11.2. The van der Waals surface area contributed by atoms with Crippen molar-refractivity contribution < 1.29 is 31.8 Å². The van der Waals surface area contributed by atoms with E-state index in [9.17, 15) is 9.13 Å². The van der Waals surface area contributed by atoms with Crippen LogP contribution in [0.5, 0.6) is 0 Å². The van der Waals surface area contributed by atoms with Gasteiger partial charge in [0.15, 0.2) is 18.6 Å². The van der Waals surface area contributed by atoms with E-state index in [1.807, 2.05) is 26.0 Å². The molecule has 5 aromatic rings. The van der Waals surface area contributed by atoms with Crippen LogP contribution < -0.4 is 9.13 Å². The lowest BCUT2D eigenvalue weighted by molar-refractivity contribution is -0.596. The first-order chi connectivity index (χ1) is 22.1. The highest BCUT2D eigenvalue weighted by Crippen LogP contribution is 2.52. The zero-order valence-electron chi connectivity index (χ0n) is 27.2. The van der Waals surface area contributed by atoms with Crippen LogP contribution in [0.15, 0.2) is 85.3 Å². The molecule has 9 heteroatoms. The van der Waals surface area contributed by atoms with Crippen molar-refractivity contribution in [3.05, 3.63) is 119 Å². The molecule has 1 aliphatic carbocycles. The Morgan fingerprint density at radius 3 is 2.20 bits per heavy atom. The predicted octanol–water partition coefficient (Wildman–Crippen LogP) is 8.81. The lowest BCUT2D eigenvalue weighted by Gasteiger charge is -2.19. The van der Waals surface area contributed by atoms with Gasteiger partial charge in [0.05, 0.1) is 31.4 Å². The average molecular weight is 655 g/mol. The van der Waals surface area contributed by atoms with Gasteiger partial charge in [-0.25, -0.2) is 4.57 Å². The van der Waals surface area contributed by atoms with Crippen LogP contribution in [0.2, 0.25) is 0 Å². The minimum atomic E-state index is -3.21. The Hall–Kier alpha value is -3.57. The van der Waals surface area contributed by atoms with E-state index in [1.165, 1.54) is 27.6 Å². The second-order valence-electron chi connectivity index (χ2n) is 12.3. The molecule has 0 spiro atoms. The fraction of sp³-hybridized carbons (Fsp3) is 0.297. The predicted molar refractivity (Wildman–Crippen MR) is 181 cm³/mol. The number of hydrogen-bond acceptors (Lipinski definition) is 5. The van der Waals surface area contributed by atoms with Gasteiger partial charge in [-0.15, -0.1) is 0 Å². The molecule has 236 valence electrons. The number of rotatable bonds is 11. The molecule has 1 aliphatic rings. The van der Waals surface area contributed by atoms with Gasteiger partial charge in [-0.2, -0.15) is 9.13 Å². The number of aromatic nitrogens is 2. The number of hydrogen-bond donors (Lipinski definition) is 0. The Morgan fingerprint density at radius 1 is 0.826 bits per heavy atom. The van der Waals surface area contributed by atoms with Crippen molar-refractivity contribution >= 4 is 27.2 Å². The second-order valence-corrected chi connectivity index (χ2v) is 14.8. The maximum absolute atomic E-state index is 13.2. The van der Waals surface area contributed by atoms with Gasteiger partial charge < -0.3 is 9.05 Å². The Bertz CT molecular complexity index is 2010. The molecule has 0 bridgehead atoms. The quantitative estimate of drug-likeness (QED) is 0.105. The first kappa shape index (κ1) is 32.4. The number of aryl methyl sites for hydroxylation is 2. The molecule has 0 amide bonds. The molecule has 46 heavy (non-hydrogen) atoms. The average Bonchev–Trinajstić information content (AvgIpc) is 3.25. The number of benzene rings is 3. The molecular formula is C37H40N2O5P2+2. The van der Waals surface area contributed by atoms with E-state index in [0.717, 1.165) is 39.1 Å². The number of fused-ring (bicyclic) bond motifs is 5. The highest BCUT2D eigenvalue weighted by atomic mass is 31.2. The molecule has 0 saturated carbocycles. The number of pyridine rings is 2. The van der Waals surface area contributed by atoms with E-state index >= 15 is 0 Å². The van der Waals surface area contributed by atoms with Gasteiger partial charge in [-0.05, 0) is 62.6 Å². The molecule has 2 heterocycles. The first-order valence-electron chi connectivity index (χ1n) is 15.7. The summed E-state index contributed by atoms with van der Waals surface area (Å²) < 4.78 is 44.7. The van der Waals surface area contributed by atoms with E-state index in [2.05, 4.69) is 110 Å². The van der Waals surface area contributed by atoms with Crippen LogP contribution in [0, 0.1) is 13.8 Å². The zero-order valence-corrected chi connectivity index (χ0v) is 29.0. The monoisotopic (exact) mass is 654 g/mol. The highest BCUT2D eigenvalue weighted by Gasteiger charge is 2.42. The fourth-order valence-electron chi connectivity index (χ4n) is 6.80. The summed E-state index contributed by atoms with van der Waals surface area (Å²) >= 11 is 0. The topological polar surface area (TPSA) is 69.6 Å². The van der Waals surface area contributed by atoms with Crippen molar-refractivity contribution in [2.75, 3.05) is 13.2 Å². The minimum absolute atomic E-state index is 0.240. The van der Waals surface area contributed by atoms with Crippen LogP contribution in [0.4, 0.5) is 0 Å². The lowest BCUT2D eigenvalue weighted by Crippen LogP contribution is -2.35. The van der Waals surface area contributed by atoms with Crippen molar-refractivity contribution in [2.24, 2.45) is 0 Å². The molecule has 0 saturated heterocycles. The molecule has 0 atom stereocenters.